The number of carbonyl (C=O) groups excluding carboxylic acids is 2. The first-order valence-electron chi connectivity index (χ1n) is 13.7. The highest BCUT2D eigenvalue weighted by molar-refractivity contribution is 5.88. The summed E-state index contributed by atoms with van der Waals surface area (Å²) in [6.45, 7) is 6.48. The van der Waals surface area contributed by atoms with Gasteiger partial charge in [0.15, 0.2) is 0 Å². The number of anilines is 1. The summed E-state index contributed by atoms with van der Waals surface area (Å²) in [5, 5.41) is 15.6. The van der Waals surface area contributed by atoms with Gasteiger partial charge in [-0.05, 0) is 66.1 Å². The van der Waals surface area contributed by atoms with E-state index in [1.54, 1.807) is 11.0 Å². The van der Waals surface area contributed by atoms with Crippen molar-refractivity contribution in [3.63, 3.8) is 0 Å². The van der Waals surface area contributed by atoms with Gasteiger partial charge in [0.2, 0.25) is 11.8 Å². The van der Waals surface area contributed by atoms with Crippen LogP contribution in [0.4, 0.5) is 5.82 Å². The first-order chi connectivity index (χ1) is 19.0. The third kappa shape index (κ3) is 5.13. The number of phenols is 1. The summed E-state index contributed by atoms with van der Waals surface area (Å²) in [7, 11) is 0. The second-order valence-corrected chi connectivity index (χ2v) is 10.6. The van der Waals surface area contributed by atoms with E-state index in [2.05, 4.69) is 22.9 Å². The quantitative estimate of drug-likeness (QED) is 0.475. The van der Waals surface area contributed by atoms with Crippen molar-refractivity contribution < 1.29 is 19.4 Å². The Morgan fingerprint density at radius 1 is 1.13 bits per heavy atom. The number of nitrogens with zero attached hydrogens (tertiary/aromatic N) is 4. The summed E-state index contributed by atoms with van der Waals surface area (Å²) in [4.78, 5) is 37.5. The molecule has 0 bridgehead atoms. The fraction of sp³-hybridized carbons (Fsp3) is 0.400. The number of aromatic nitrogens is 2. The largest absolute Gasteiger partial charge is 0.508 e. The number of hydrogen-bond donors (Lipinski definition) is 2. The van der Waals surface area contributed by atoms with Gasteiger partial charge < -0.3 is 25.0 Å². The molecule has 9 nitrogen and oxygen atoms in total. The van der Waals surface area contributed by atoms with Crippen molar-refractivity contribution in [2.45, 2.75) is 44.1 Å². The molecule has 1 aromatic heterocycles. The molecule has 202 valence electrons. The fourth-order valence-electron chi connectivity index (χ4n) is 6.07. The van der Waals surface area contributed by atoms with Crippen LogP contribution < -0.4 is 15.0 Å². The van der Waals surface area contributed by atoms with Crippen molar-refractivity contribution in [3.05, 3.63) is 65.9 Å². The van der Waals surface area contributed by atoms with Gasteiger partial charge in [0.25, 0.3) is 0 Å². The van der Waals surface area contributed by atoms with Crippen molar-refractivity contribution in [1.29, 1.82) is 0 Å². The van der Waals surface area contributed by atoms with Gasteiger partial charge in [-0.2, -0.15) is 9.97 Å². The van der Waals surface area contributed by atoms with Gasteiger partial charge in [-0.1, -0.05) is 30.8 Å². The van der Waals surface area contributed by atoms with Crippen molar-refractivity contribution in [3.8, 4) is 11.8 Å². The van der Waals surface area contributed by atoms with Crippen LogP contribution in [0, 0.1) is 0 Å². The minimum atomic E-state index is -0.0526. The highest BCUT2D eigenvalue weighted by Crippen LogP contribution is 2.40. The van der Waals surface area contributed by atoms with Crippen molar-refractivity contribution in [2.75, 3.05) is 37.7 Å². The van der Waals surface area contributed by atoms with Crippen molar-refractivity contribution in [1.82, 2.24) is 20.2 Å². The van der Waals surface area contributed by atoms with Crippen LogP contribution in [0.5, 0.6) is 11.8 Å². The smallest absolute Gasteiger partial charge is 0.318 e. The van der Waals surface area contributed by atoms with Gasteiger partial charge in [-0.15, -0.1) is 0 Å². The van der Waals surface area contributed by atoms with Gasteiger partial charge in [0.05, 0.1) is 11.7 Å². The topological polar surface area (TPSA) is 108 Å². The molecule has 0 radical (unpaired) electrons. The molecule has 2 N–H and O–H groups in total. The number of aromatic hydroxyl groups is 1. The van der Waals surface area contributed by atoms with E-state index in [0.717, 1.165) is 52.7 Å². The zero-order chi connectivity index (χ0) is 26.9. The number of piperazine rings is 1. The molecular weight excluding hydrogens is 494 g/mol. The Hall–Kier alpha value is -4.14. The van der Waals surface area contributed by atoms with E-state index in [1.807, 2.05) is 24.3 Å². The van der Waals surface area contributed by atoms with E-state index in [9.17, 15) is 14.7 Å². The van der Waals surface area contributed by atoms with Crippen LogP contribution in [0.15, 0.2) is 49.1 Å². The Kier molecular flexibility index (Phi) is 6.81. The van der Waals surface area contributed by atoms with Crippen LogP contribution in [-0.2, 0) is 22.4 Å². The summed E-state index contributed by atoms with van der Waals surface area (Å²) in [6.07, 6.45) is 5.05. The average molecular weight is 528 g/mol. The zero-order valence-corrected chi connectivity index (χ0v) is 21.9. The van der Waals surface area contributed by atoms with Gasteiger partial charge in [-0.3, -0.25) is 9.59 Å². The van der Waals surface area contributed by atoms with E-state index < -0.39 is 0 Å². The van der Waals surface area contributed by atoms with E-state index >= 15 is 0 Å². The lowest BCUT2D eigenvalue weighted by molar-refractivity contribution is -0.126. The predicted octanol–water partition coefficient (Wildman–Crippen LogP) is 3.10. The summed E-state index contributed by atoms with van der Waals surface area (Å²) < 4.78 is 6.06. The molecule has 0 saturated carbocycles. The molecule has 3 heterocycles. The number of phenolic OH excluding ortho intramolecular Hbond substituents is 1. The maximum atomic E-state index is 12.1. The van der Waals surface area contributed by atoms with E-state index in [4.69, 9.17) is 14.7 Å². The maximum absolute atomic E-state index is 12.1. The molecule has 2 fully saturated rings. The molecule has 6 rings (SSSR count). The second-order valence-electron chi connectivity index (χ2n) is 10.6. The molecule has 1 aliphatic carbocycles. The van der Waals surface area contributed by atoms with E-state index in [0.29, 0.717) is 51.6 Å². The Morgan fingerprint density at radius 3 is 2.72 bits per heavy atom. The highest BCUT2D eigenvalue weighted by atomic mass is 16.5. The molecule has 2 unspecified atom stereocenters. The number of amides is 2. The highest BCUT2D eigenvalue weighted by Gasteiger charge is 2.31. The van der Waals surface area contributed by atoms with Crippen molar-refractivity contribution >= 4 is 28.4 Å². The monoisotopic (exact) mass is 527 g/mol. The fourth-order valence-corrected chi connectivity index (χ4v) is 6.07. The molecule has 2 amide bonds. The Morgan fingerprint density at radius 2 is 1.95 bits per heavy atom. The van der Waals surface area contributed by atoms with Gasteiger partial charge >= 0.3 is 6.01 Å². The second kappa shape index (κ2) is 10.6. The lowest BCUT2D eigenvalue weighted by Gasteiger charge is -2.37. The van der Waals surface area contributed by atoms with Crippen LogP contribution >= 0.6 is 0 Å². The van der Waals surface area contributed by atoms with E-state index in [-0.39, 0.29) is 29.5 Å². The first kappa shape index (κ1) is 25.2. The minimum absolute atomic E-state index is 0.0413. The average Bonchev–Trinajstić information content (AvgIpc) is 3.39. The summed E-state index contributed by atoms with van der Waals surface area (Å²) in [6, 6.07) is 12.1. The first-order valence-corrected chi connectivity index (χ1v) is 13.7. The molecular formula is C30H33N5O4. The molecule has 3 aromatic rings. The van der Waals surface area contributed by atoms with Crippen molar-refractivity contribution in [2.24, 2.45) is 0 Å². The summed E-state index contributed by atoms with van der Waals surface area (Å²) in [5.41, 5.74) is 3.21. The number of ether oxygens (including phenoxy) is 1. The van der Waals surface area contributed by atoms with Gasteiger partial charge in [0, 0.05) is 38.2 Å². The number of fused-ring (bicyclic) bond motifs is 2. The number of benzene rings is 2. The Balaban J connectivity index is 1.31. The molecule has 2 aliphatic heterocycles. The standard InChI is InChI=1S/C30H33N5O4/c1-2-28(38)34-11-13-35(14-12-34)29-24-9-7-20(25-17-22(36)15-19-5-3-4-6-23(19)25)16-26(24)32-30(33-29)39-18-21-8-10-27(37)31-21/h2-6,15,17,20-21,36H,1,7-14,16,18H2,(H,31,37). The third-order valence-corrected chi connectivity index (χ3v) is 8.12. The predicted molar refractivity (Wildman–Crippen MR) is 148 cm³/mol. The van der Waals surface area contributed by atoms with Crippen LogP contribution in [0.1, 0.15) is 42.0 Å². The lowest BCUT2D eigenvalue weighted by Crippen LogP contribution is -2.49. The van der Waals surface area contributed by atoms with Gasteiger partial charge in [0.1, 0.15) is 18.2 Å². The number of nitrogens with one attached hydrogen (secondary N) is 1. The molecule has 2 aromatic carbocycles. The Bertz CT molecular complexity index is 1430. The van der Waals surface area contributed by atoms with Crippen LogP contribution in [-0.4, -0.2) is 70.6 Å². The normalized spacial score (nSPS) is 21.0. The third-order valence-electron chi connectivity index (χ3n) is 8.12. The van der Waals surface area contributed by atoms with Gasteiger partial charge in [-0.25, -0.2) is 0 Å². The maximum Gasteiger partial charge on any atom is 0.318 e. The van der Waals surface area contributed by atoms with Crippen LogP contribution in [0.3, 0.4) is 0 Å². The summed E-state index contributed by atoms with van der Waals surface area (Å²) in [5.74, 6) is 1.33. The zero-order valence-electron chi connectivity index (χ0n) is 21.9. The van der Waals surface area contributed by atoms with Crippen LogP contribution in [0.2, 0.25) is 0 Å². The van der Waals surface area contributed by atoms with Crippen LogP contribution in [0.25, 0.3) is 10.8 Å². The molecule has 2 saturated heterocycles. The lowest BCUT2D eigenvalue weighted by atomic mass is 9.80. The minimum Gasteiger partial charge on any atom is -0.508 e. The number of carbonyl (C=O) groups is 2. The molecule has 39 heavy (non-hydrogen) atoms. The number of hydrogen-bond acceptors (Lipinski definition) is 7. The number of rotatable bonds is 6. The molecule has 0 spiro atoms. The summed E-state index contributed by atoms with van der Waals surface area (Å²) >= 11 is 0. The molecule has 3 aliphatic rings. The SMILES string of the molecule is C=CC(=O)N1CCN(c2nc(OCC3CCC(=O)N3)nc3c2CCC(c2cc(O)cc4ccccc24)C3)CC1. The Labute approximate surface area is 227 Å². The van der Waals surface area contributed by atoms with E-state index in [1.165, 1.54) is 6.08 Å². The molecule has 9 heteroatoms. The molecule has 2 atom stereocenters.